The highest BCUT2D eigenvalue weighted by atomic mass is 16.5. The van der Waals surface area contributed by atoms with Gasteiger partial charge in [0.2, 0.25) is 11.8 Å². The van der Waals surface area contributed by atoms with Gasteiger partial charge in [-0.1, -0.05) is 0 Å². The fourth-order valence-electron chi connectivity index (χ4n) is 1.73. The Labute approximate surface area is 122 Å². The number of ether oxygens (including phenoxy) is 1. The Kier molecular flexibility index (Phi) is 4.13. The molecule has 7 heteroatoms. The summed E-state index contributed by atoms with van der Waals surface area (Å²) in [5.41, 5.74) is 18.7. The zero-order valence-electron chi connectivity index (χ0n) is 11.6. The summed E-state index contributed by atoms with van der Waals surface area (Å²) in [6.07, 6.45) is 0. The predicted molar refractivity (Wildman–Crippen MR) is 82.5 cm³/mol. The number of primary amides is 1. The van der Waals surface area contributed by atoms with Crippen molar-refractivity contribution < 1.29 is 9.53 Å². The number of nitrogens with two attached hydrogens (primary N) is 3. The first kappa shape index (κ1) is 14.4. The zero-order chi connectivity index (χ0) is 15.4. The molecule has 0 fully saturated rings. The molecule has 7 nitrogen and oxygen atoms in total. The minimum atomic E-state index is -0.477. The third-order valence-electron chi connectivity index (χ3n) is 2.78. The summed E-state index contributed by atoms with van der Waals surface area (Å²) >= 11 is 0. The van der Waals surface area contributed by atoms with E-state index in [9.17, 15) is 4.79 Å². The number of nitrogens with one attached hydrogen (secondary N) is 1. The van der Waals surface area contributed by atoms with Crippen LogP contribution in [0.3, 0.4) is 0 Å². The van der Waals surface area contributed by atoms with Crippen LogP contribution in [-0.2, 0) is 0 Å². The molecule has 0 aliphatic heterocycles. The van der Waals surface area contributed by atoms with Gasteiger partial charge in [-0.25, -0.2) is 0 Å². The van der Waals surface area contributed by atoms with Gasteiger partial charge in [0, 0.05) is 17.3 Å². The van der Waals surface area contributed by atoms with Gasteiger partial charge >= 0.3 is 0 Å². The second kappa shape index (κ2) is 6.00. The maximum atomic E-state index is 11.0. The normalized spacial score (nSPS) is 10.1. The van der Waals surface area contributed by atoms with Crippen LogP contribution in [0.15, 0.2) is 30.3 Å². The molecule has 1 aromatic carbocycles. The SMILES string of the molecule is CCOc1nc(Nc2ccc(C(N)=O)cc2)cc(N)c1N. The lowest BCUT2D eigenvalue weighted by Crippen LogP contribution is -2.10. The van der Waals surface area contributed by atoms with Crippen molar-refractivity contribution in [2.45, 2.75) is 6.92 Å². The average Bonchev–Trinajstić information content (AvgIpc) is 2.45. The fourth-order valence-corrected chi connectivity index (χ4v) is 1.73. The second-order valence-corrected chi connectivity index (χ2v) is 4.32. The van der Waals surface area contributed by atoms with Crippen molar-refractivity contribution >= 4 is 28.8 Å². The van der Waals surface area contributed by atoms with Crippen molar-refractivity contribution in [3.8, 4) is 5.88 Å². The Bertz CT molecular complexity index is 655. The first-order chi connectivity index (χ1) is 10.0. The summed E-state index contributed by atoms with van der Waals surface area (Å²) in [6.45, 7) is 2.27. The van der Waals surface area contributed by atoms with Crippen molar-refractivity contribution in [1.82, 2.24) is 4.98 Å². The van der Waals surface area contributed by atoms with Crippen LogP contribution in [0, 0.1) is 0 Å². The van der Waals surface area contributed by atoms with E-state index in [4.69, 9.17) is 21.9 Å². The van der Waals surface area contributed by atoms with Gasteiger partial charge in [-0.3, -0.25) is 4.79 Å². The number of nitrogen functional groups attached to an aromatic ring is 2. The molecule has 0 aliphatic rings. The Morgan fingerprint density at radius 3 is 2.52 bits per heavy atom. The van der Waals surface area contributed by atoms with E-state index in [-0.39, 0.29) is 5.88 Å². The topological polar surface area (TPSA) is 129 Å². The Balaban J connectivity index is 2.24. The lowest BCUT2D eigenvalue weighted by molar-refractivity contribution is 0.100. The van der Waals surface area contributed by atoms with Crippen molar-refractivity contribution in [2.75, 3.05) is 23.4 Å². The summed E-state index contributed by atoms with van der Waals surface area (Å²) in [7, 11) is 0. The lowest BCUT2D eigenvalue weighted by Gasteiger charge is -2.12. The van der Waals surface area contributed by atoms with Gasteiger partial charge in [0.15, 0.2) is 0 Å². The van der Waals surface area contributed by atoms with Crippen LogP contribution in [0.4, 0.5) is 22.9 Å². The first-order valence-electron chi connectivity index (χ1n) is 6.37. The predicted octanol–water partition coefficient (Wildman–Crippen LogP) is 1.49. The summed E-state index contributed by atoms with van der Waals surface area (Å²) in [6, 6.07) is 8.28. The fraction of sp³-hybridized carbons (Fsp3) is 0.143. The Morgan fingerprint density at radius 2 is 1.95 bits per heavy atom. The summed E-state index contributed by atoms with van der Waals surface area (Å²) in [5.74, 6) is 0.306. The number of anilines is 4. The molecule has 0 radical (unpaired) electrons. The van der Waals surface area contributed by atoms with E-state index in [1.807, 2.05) is 6.92 Å². The van der Waals surface area contributed by atoms with Gasteiger partial charge < -0.3 is 27.3 Å². The van der Waals surface area contributed by atoms with Gasteiger partial charge in [0.25, 0.3) is 0 Å². The van der Waals surface area contributed by atoms with Gasteiger partial charge in [-0.05, 0) is 31.2 Å². The highest BCUT2D eigenvalue weighted by Crippen LogP contribution is 2.29. The second-order valence-electron chi connectivity index (χ2n) is 4.32. The van der Waals surface area contributed by atoms with Gasteiger partial charge in [0.1, 0.15) is 11.5 Å². The molecule has 0 unspecified atom stereocenters. The van der Waals surface area contributed by atoms with E-state index in [0.29, 0.717) is 29.4 Å². The molecular weight excluding hydrogens is 270 g/mol. The maximum Gasteiger partial charge on any atom is 0.248 e. The number of rotatable bonds is 5. The van der Waals surface area contributed by atoms with Crippen molar-refractivity contribution in [1.29, 1.82) is 0 Å². The molecule has 7 N–H and O–H groups in total. The van der Waals surface area contributed by atoms with Crippen LogP contribution in [0.5, 0.6) is 5.88 Å². The summed E-state index contributed by atoms with van der Waals surface area (Å²) in [4.78, 5) is 15.3. The van der Waals surface area contributed by atoms with Crippen molar-refractivity contribution in [3.05, 3.63) is 35.9 Å². The highest BCUT2D eigenvalue weighted by Gasteiger charge is 2.09. The Morgan fingerprint density at radius 1 is 1.29 bits per heavy atom. The molecule has 1 amide bonds. The number of amides is 1. The number of benzene rings is 1. The molecule has 1 aromatic heterocycles. The van der Waals surface area contributed by atoms with Crippen LogP contribution < -0.4 is 27.3 Å². The van der Waals surface area contributed by atoms with E-state index in [2.05, 4.69) is 10.3 Å². The van der Waals surface area contributed by atoms with Gasteiger partial charge in [-0.2, -0.15) is 4.98 Å². The first-order valence-corrected chi connectivity index (χ1v) is 6.37. The molecule has 0 saturated heterocycles. The van der Waals surface area contributed by atoms with E-state index in [0.717, 1.165) is 5.69 Å². The third kappa shape index (κ3) is 3.33. The van der Waals surface area contributed by atoms with Crippen LogP contribution in [-0.4, -0.2) is 17.5 Å². The molecular formula is C14H17N5O2. The number of hydrogen-bond acceptors (Lipinski definition) is 6. The minimum absolute atomic E-state index is 0.286. The van der Waals surface area contributed by atoms with Gasteiger partial charge in [0.05, 0.1) is 12.3 Å². The van der Waals surface area contributed by atoms with Crippen molar-refractivity contribution in [2.24, 2.45) is 5.73 Å². The quantitative estimate of drug-likeness (QED) is 0.659. The van der Waals surface area contributed by atoms with Crippen LogP contribution in [0.1, 0.15) is 17.3 Å². The van der Waals surface area contributed by atoms with Crippen LogP contribution in [0.2, 0.25) is 0 Å². The molecule has 0 bridgehead atoms. The largest absolute Gasteiger partial charge is 0.476 e. The van der Waals surface area contributed by atoms with Crippen molar-refractivity contribution in [3.63, 3.8) is 0 Å². The van der Waals surface area contributed by atoms with Crippen LogP contribution >= 0.6 is 0 Å². The molecule has 0 spiro atoms. The van der Waals surface area contributed by atoms with E-state index in [1.54, 1.807) is 30.3 Å². The third-order valence-corrected chi connectivity index (χ3v) is 2.78. The molecule has 0 saturated carbocycles. The van der Waals surface area contributed by atoms with E-state index in [1.165, 1.54) is 0 Å². The Hall–Kier alpha value is -2.96. The average molecular weight is 287 g/mol. The maximum absolute atomic E-state index is 11.0. The number of carbonyl (C=O) groups excluding carboxylic acids is 1. The smallest absolute Gasteiger partial charge is 0.248 e. The molecule has 0 aliphatic carbocycles. The van der Waals surface area contributed by atoms with Crippen LogP contribution in [0.25, 0.3) is 0 Å². The molecule has 110 valence electrons. The number of pyridine rings is 1. The molecule has 1 heterocycles. The van der Waals surface area contributed by atoms with Gasteiger partial charge in [-0.15, -0.1) is 0 Å². The number of hydrogen-bond donors (Lipinski definition) is 4. The van der Waals surface area contributed by atoms with E-state index >= 15 is 0 Å². The molecule has 0 atom stereocenters. The summed E-state index contributed by atoms with van der Waals surface area (Å²) in [5, 5.41) is 3.06. The minimum Gasteiger partial charge on any atom is -0.476 e. The molecule has 21 heavy (non-hydrogen) atoms. The summed E-state index contributed by atoms with van der Waals surface area (Å²) < 4.78 is 5.33. The lowest BCUT2D eigenvalue weighted by atomic mass is 10.2. The highest BCUT2D eigenvalue weighted by molar-refractivity contribution is 5.93. The number of aromatic nitrogens is 1. The molecule has 2 rings (SSSR count). The monoisotopic (exact) mass is 287 g/mol. The number of nitrogens with zero attached hydrogens (tertiary/aromatic N) is 1. The molecule has 2 aromatic rings. The van der Waals surface area contributed by atoms with E-state index < -0.39 is 5.91 Å². The zero-order valence-corrected chi connectivity index (χ0v) is 11.6. The standard InChI is InChI=1S/C14H17N5O2/c1-2-21-14-12(16)10(15)7-11(19-14)18-9-5-3-8(4-6-9)13(17)20/h3-7H,2,16H2,1H3,(H2,17,20)(H3,15,18,19). The number of carbonyl (C=O) groups is 1.